The number of pyridine rings is 1. The first-order chi connectivity index (χ1) is 24.7. The molecule has 0 aliphatic heterocycles. The molecule has 50 heavy (non-hydrogen) atoms. The highest BCUT2D eigenvalue weighted by Gasteiger charge is 2.18. The second-order valence-electron chi connectivity index (χ2n) is 12.7. The van der Waals surface area contributed by atoms with Crippen molar-refractivity contribution in [3.05, 3.63) is 205 Å². The van der Waals surface area contributed by atoms with E-state index >= 15 is 0 Å². The maximum absolute atomic E-state index is 5.07. The van der Waals surface area contributed by atoms with E-state index in [1.165, 1.54) is 42.4 Å². The molecule has 1 nitrogen and oxygen atoms in total. The average Bonchev–Trinajstić information content (AvgIpc) is 3.58. The van der Waals surface area contributed by atoms with Crippen LogP contribution in [0.15, 0.2) is 183 Å². The number of thiophene rings is 1. The summed E-state index contributed by atoms with van der Waals surface area (Å²) in [6.45, 7) is 6.33. The van der Waals surface area contributed by atoms with Gasteiger partial charge in [-0.2, -0.15) is 0 Å². The average molecular weight is 660 g/mol. The molecule has 2 heteroatoms. The van der Waals surface area contributed by atoms with Crippen LogP contribution in [0.5, 0.6) is 0 Å². The van der Waals surface area contributed by atoms with Crippen LogP contribution in [0.1, 0.15) is 41.5 Å². The molecule has 0 bridgehead atoms. The first kappa shape index (κ1) is 31.4. The molecule has 0 saturated heterocycles. The maximum Gasteiger partial charge on any atom is 0.0715 e. The Hall–Kier alpha value is -5.83. The molecule has 0 saturated carbocycles. The lowest BCUT2D eigenvalue weighted by Crippen LogP contribution is -1.99. The Labute approximate surface area is 298 Å². The summed E-state index contributed by atoms with van der Waals surface area (Å²) >= 11 is 1.92. The van der Waals surface area contributed by atoms with Gasteiger partial charge < -0.3 is 0 Å². The molecule has 1 atom stereocenters. The molecular formula is C48H37NS. The lowest BCUT2D eigenvalue weighted by atomic mass is 9.86. The van der Waals surface area contributed by atoms with E-state index in [1.807, 2.05) is 29.5 Å². The molecule has 0 amide bonds. The van der Waals surface area contributed by atoms with Gasteiger partial charge in [0.25, 0.3) is 0 Å². The van der Waals surface area contributed by atoms with Crippen LogP contribution in [0.3, 0.4) is 0 Å². The van der Waals surface area contributed by atoms with Gasteiger partial charge in [-0.3, -0.25) is 0 Å². The lowest BCUT2D eigenvalue weighted by molar-refractivity contribution is 0.867. The van der Waals surface area contributed by atoms with Crippen molar-refractivity contribution >= 4 is 48.2 Å². The van der Waals surface area contributed by atoms with E-state index in [4.69, 9.17) is 4.98 Å². The van der Waals surface area contributed by atoms with E-state index in [-0.39, 0.29) is 0 Å². The molecule has 1 aliphatic rings. The predicted octanol–water partition coefficient (Wildman–Crippen LogP) is 13.6. The molecule has 2 aromatic heterocycles. The van der Waals surface area contributed by atoms with Gasteiger partial charge in [0.15, 0.2) is 0 Å². The number of benzene rings is 5. The normalized spacial score (nSPS) is 15.0. The van der Waals surface area contributed by atoms with Crippen LogP contribution in [0.25, 0.3) is 59.4 Å². The number of fused-ring (bicyclic) bond motifs is 3. The van der Waals surface area contributed by atoms with Crippen LogP contribution in [0, 0.1) is 0 Å². The van der Waals surface area contributed by atoms with Gasteiger partial charge in [0, 0.05) is 37.2 Å². The van der Waals surface area contributed by atoms with Crippen LogP contribution in [-0.2, 0) is 0 Å². The number of hydrogen-bond donors (Lipinski definition) is 0. The quantitative estimate of drug-likeness (QED) is 0.148. The minimum atomic E-state index is 0.345. The molecule has 8 rings (SSSR count). The van der Waals surface area contributed by atoms with Gasteiger partial charge in [-0.05, 0) is 76.6 Å². The lowest BCUT2D eigenvalue weighted by Gasteiger charge is -2.18. The molecule has 240 valence electrons. The molecule has 7 aromatic rings. The highest BCUT2D eigenvalue weighted by Crippen LogP contribution is 2.41. The smallest absolute Gasteiger partial charge is 0.0715 e. The number of allylic oxidation sites excluding steroid dienone is 9. The highest BCUT2D eigenvalue weighted by atomic mass is 32.1. The Morgan fingerprint density at radius 1 is 0.680 bits per heavy atom. The summed E-state index contributed by atoms with van der Waals surface area (Å²) in [7, 11) is 0. The second kappa shape index (κ2) is 14.0. The molecule has 0 fully saturated rings. The predicted molar refractivity (Wildman–Crippen MR) is 217 cm³/mol. The molecule has 1 aliphatic carbocycles. The molecule has 0 radical (unpaired) electrons. The molecule has 1 unspecified atom stereocenters. The van der Waals surface area contributed by atoms with Gasteiger partial charge >= 0.3 is 0 Å². The van der Waals surface area contributed by atoms with E-state index in [1.54, 1.807) is 0 Å². The van der Waals surface area contributed by atoms with Gasteiger partial charge in [0.05, 0.1) is 11.4 Å². The first-order valence-corrected chi connectivity index (χ1v) is 18.0. The van der Waals surface area contributed by atoms with Crippen LogP contribution < -0.4 is 0 Å². The Bertz CT molecular complexity index is 2400. The zero-order valence-electron chi connectivity index (χ0n) is 28.1. The van der Waals surface area contributed by atoms with Crippen molar-refractivity contribution in [3.63, 3.8) is 0 Å². The van der Waals surface area contributed by atoms with E-state index in [0.717, 1.165) is 45.6 Å². The maximum atomic E-state index is 5.07. The molecule has 0 N–H and O–H groups in total. The fourth-order valence-corrected chi connectivity index (χ4v) is 8.26. The summed E-state index contributed by atoms with van der Waals surface area (Å²) in [5, 5.41) is 2.72. The minimum Gasteiger partial charge on any atom is -0.248 e. The third-order valence-electron chi connectivity index (χ3n) is 9.59. The van der Waals surface area contributed by atoms with Crippen molar-refractivity contribution in [2.24, 2.45) is 0 Å². The summed E-state index contributed by atoms with van der Waals surface area (Å²) in [5.41, 5.74) is 12.4. The van der Waals surface area contributed by atoms with E-state index in [2.05, 4.69) is 171 Å². The number of rotatable bonds is 8. The van der Waals surface area contributed by atoms with Crippen molar-refractivity contribution in [3.8, 4) is 22.5 Å². The highest BCUT2D eigenvalue weighted by molar-refractivity contribution is 7.26. The third-order valence-corrected chi connectivity index (χ3v) is 10.8. The molecular weight excluding hydrogens is 623 g/mol. The molecule has 0 spiro atoms. The summed E-state index contributed by atoms with van der Waals surface area (Å²) < 4.78 is 2.76. The number of aromatic nitrogens is 1. The van der Waals surface area contributed by atoms with Crippen LogP contribution in [0.2, 0.25) is 0 Å². The van der Waals surface area contributed by atoms with Crippen molar-refractivity contribution in [1.29, 1.82) is 0 Å². The number of nitrogens with zero attached hydrogens (tertiary/aromatic N) is 1. The van der Waals surface area contributed by atoms with Crippen LogP contribution in [0.4, 0.5) is 0 Å². The van der Waals surface area contributed by atoms with E-state index in [0.29, 0.717) is 5.92 Å². The fraction of sp³-hybridized carbons (Fsp3) is 0.0625. The zero-order valence-corrected chi connectivity index (χ0v) is 28.9. The first-order valence-electron chi connectivity index (χ1n) is 17.2. The molecule has 5 aromatic carbocycles. The van der Waals surface area contributed by atoms with Gasteiger partial charge in [-0.15, -0.1) is 11.3 Å². The Morgan fingerprint density at radius 3 is 2.02 bits per heavy atom. The van der Waals surface area contributed by atoms with E-state index < -0.39 is 0 Å². The summed E-state index contributed by atoms with van der Waals surface area (Å²) in [5.74, 6) is 0.345. The molecule has 2 heterocycles. The van der Waals surface area contributed by atoms with Gasteiger partial charge in [-0.25, -0.2) is 4.98 Å². The third kappa shape index (κ3) is 6.22. The van der Waals surface area contributed by atoms with Crippen molar-refractivity contribution in [1.82, 2.24) is 4.98 Å². The van der Waals surface area contributed by atoms with Gasteiger partial charge in [0.1, 0.15) is 0 Å². The Balaban J connectivity index is 1.10. The van der Waals surface area contributed by atoms with Crippen molar-refractivity contribution in [2.75, 3.05) is 0 Å². The van der Waals surface area contributed by atoms with Gasteiger partial charge in [-0.1, -0.05) is 158 Å². The summed E-state index contributed by atoms with van der Waals surface area (Å²) in [6.07, 6.45) is 14.4. The monoisotopic (exact) mass is 659 g/mol. The standard InChI is InChI=1S/C48H37NS/c1-3-33(29-34(4-2)41-31-45(37-15-7-5-8-16-37)49-46(32-41)38-17-9-6-10-18-38)35-25-27-36(28-26-35)39-19-13-20-40(30-39)42-22-14-23-44-43-21-11-12-24-47(43)50-48(42)44/h3-19,21-32,40H,2,20H2,1H3/b33-3+,34-29+. The van der Waals surface area contributed by atoms with Crippen LogP contribution >= 0.6 is 11.3 Å². The SMILES string of the molecule is C=C/C(=C\C(=C/C)c1ccc(C2=CC(c3cccc4c3sc3ccccc34)CC=C2)cc1)c1cc(-c2ccccc2)nc(-c2ccccc2)c1. The Morgan fingerprint density at radius 2 is 1.34 bits per heavy atom. The van der Waals surface area contributed by atoms with Crippen LogP contribution in [-0.4, -0.2) is 4.98 Å². The van der Waals surface area contributed by atoms with Crippen molar-refractivity contribution in [2.45, 2.75) is 19.3 Å². The van der Waals surface area contributed by atoms with E-state index in [9.17, 15) is 0 Å². The number of hydrogen-bond acceptors (Lipinski definition) is 2. The zero-order chi connectivity index (χ0) is 33.9. The summed E-state index contributed by atoms with van der Waals surface area (Å²) in [6, 6.07) is 49.7. The topological polar surface area (TPSA) is 12.9 Å². The summed E-state index contributed by atoms with van der Waals surface area (Å²) in [4.78, 5) is 5.07. The Kier molecular flexibility index (Phi) is 8.77. The minimum absolute atomic E-state index is 0.345. The largest absolute Gasteiger partial charge is 0.248 e. The fourth-order valence-electron chi connectivity index (χ4n) is 6.98. The second-order valence-corrected chi connectivity index (χ2v) is 13.7. The van der Waals surface area contributed by atoms with Crippen molar-refractivity contribution < 1.29 is 0 Å². The van der Waals surface area contributed by atoms with Gasteiger partial charge in [0.2, 0.25) is 0 Å².